The SMILES string of the molecule is N/C(=N\OC(=O)c1cccc(COCC(F)(F)C(F)F)c1)c1cccs1. The Morgan fingerprint density at radius 3 is 2.69 bits per heavy atom. The third-order valence-electron chi connectivity index (χ3n) is 3.05. The summed E-state index contributed by atoms with van der Waals surface area (Å²) in [6.07, 6.45) is -3.81. The van der Waals surface area contributed by atoms with Crippen molar-refractivity contribution in [1.29, 1.82) is 0 Å². The first-order valence-electron chi connectivity index (χ1n) is 7.21. The van der Waals surface area contributed by atoms with Crippen LogP contribution in [0, 0.1) is 0 Å². The number of amidine groups is 1. The van der Waals surface area contributed by atoms with Crippen LogP contribution in [-0.2, 0) is 16.2 Å². The first-order valence-corrected chi connectivity index (χ1v) is 8.09. The molecule has 0 saturated carbocycles. The van der Waals surface area contributed by atoms with Gasteiger partial charge in [0, 0.05) is 0 Å². The van der Waals surface area contributed by atoms with E-state index in [9.17, 15) is 22.4 Å². The fourth-order valence-corrected chi connectivity index (χ4v) is 2.39. The minimum absolute atomic E-state index is 0.0297. The zero-order chi connectivity index (χ0) is 19.2. The molecule has 1 aromatic carbocycles. The zero-order valence-electron chi connectivity index (χ0n) is 13.2. The van der Waals surface area contributed by atoms with Crippen molar-refractivity contribution >= 4 is 23.1 Å². The van der Waals surface area contributed by atoms with Crippen LogP contribution >= 0.6 is 11.3 Å². The highest BCUT2D eigenvalue weighted by atomic mass is 32.1. The Balaban J connectivity index is 1.93. The maximum Gasteiger partial charge on any atom is 0.365 e. The summed E-state index contributed by atoms with van der Waals surface area (Å²) in [4.78, 5) is 17.3. The van der Waals surface area contributed by atoms with Gasteiger partial charge >= 0.3 is 18.3 Å². The summed E-state index contributed by atoms with van der Waals surface area (Å²) in [5, 5.41) is 5.31. The summed E-state index contributed by atoms with van der Waals surface area (Å²) in [5.74, 6) is -5.02. The Bertz CT molecular complexity index is 767. The van der Waals surface area contributed by atoms with Gasteiger partial charge in [-0.3, -0.25) is 0 Å². The van der Waals surface area contributed by atoms with Gasteiger partial charge in [-0.05, 0) is 29.1 Å². The standard InChI is InChI=1S/C16H14F4N2O3S/c17-15(18)16(19,20)9-24-8-10-3-1-4-11(7-10)14(23)25-22-13(21)12-5-2-6-26-12/h1-7,15H,8-9H2,(H2,21,22). The number of halogens is 4. The molecule has 0 unspecified atom stereocenters. The largest absolute Gasteiger partial charge is 0.380 e. The van der Waals surface area contributed by atoms with Crippen molar-refractivity contribution in [2.24, 2.45) is 10.9 Å². The van der Waals surface area contributed by atoms with E-state index in [0.29, 0.717) is 10.4 Å². The van der Waals surface area contributed by atoms with E-state index in [2.05, 4.69) is 9.89 Å². The van der Waals surface area contributed by atoms with Crippen molar-refractivity contribution in [1.82, 2.24) is 0 Å². The summed E-state index contributed by atoms with van der Waals surface area (Å²) in [6.45, 7) is -1.80. The second-order valence-corrected chi connectivity index (χ2v) is 6.04. The number of alkyl halides is 4. The maximum atomic E-state index is 12.8. The van der Waals surface area contributed by atoms with Crippen LogP contribution < -0.4 is 5.73 Å². The van der Waals surface area contributed by atoms with Crippen LogP contribution in [0.1, 0.15) is 20.8 Å². The van der Waals surface area contributed by atoms with Crippen molar-refractivity contribution in [2.45, 2.75) is 19.0 Å². The zero-order valence-corrected chi connectivity index (χ0v) is 14.0. The third-order valence-corrected chi connectivity index (χ3v) is 3.94. The summed E-state index contributed by atoms with van der Waals surface area (Å²) >= 11 is 1.32. The topological polar surface area (TPSA) is 73.9 Å². The summed E-state index contributed by atoms with van der Waals surface area (Å²) in [6, 6.07) is 9.14. The monoisotopic (exact) mass is 390 g/mol. The van der Waals surface area contributed by atoms with Gasteiger partial charge in [-0.25, -0.2) is 13.6 Å². The van der Waals surface area contributed by atoms with E-state index in [1.54, 1.807) is 17.5 Å². The quantitative estimate of drug-likeness (QED) is 0.246. The fourth-order valence-electron chi connectivity index (χ4n) is 1.77. The number of nitrogens with zero attached hydrogens (tertiary/aromatic N) is 1. The molecule has 2 aromatic rings. The Hall–Kier alpha value is -2.46. The van der Waals surface area contributed by atoms with Crippen molar-refractivity contribution in [2.75, 3.05) is 6.61 Å². The molecule has 0 bridgehead atoms. The van der Waals surface area contributed by atoms with E-state index in [0.717, 1.165) is 0 Å². The number of ether oxygens (including phenoxy) is 1. The molecule has 10 heteroatoms. The number of rotatable bonds is 8. The van der Waals surface area contributed by atoms with E-state index < -0.39 is 24.9 Å². The molecule has 0 spiro atoms. The van der Waals surface area contributed by atoms with Gasteiger partial charge in [-0.2, -0.15) is 8.78 Å². The molecular formula is C16H14F4N2O3S. The van der Waals surface area contributed by atoms with Crippen LogP contribution in [0.4, 0.5) is 17.6 Å². The Morgan fingerprint density at radius 2 is 2.04 bits per heavy atom. The lowest BCUT2D eigenvalue weighted by molar-refractivity contribution is -0.168. The first kappa shape index (κ1) is 19.9. The second kappa shape index (κ2) is 8.77. The van der Waals surface area contributed by atoms with Gasteiger partial charge < -0.3 is 15.3 Å². The molecule has 26 heavy (non-hydrogen) atoms. The molecule has 0 aliphatic rings. The van der Waals surface area contributed by atoms with Gasteiger partial charge in [0.1, 0.15) is 6.61 Å². The van der Waals surface area contributed by atoms with Gasteiger partial charge in [0.2, 0.25) is 0 Å². The van der Waals surface area contributed by atoms with Gasteiger partial charge in [-0.1, -0.05) is 23.4 Å². The van der Waals surface area contributed by atoms with E-state index >= 15 is 0 Å². The minimum Gasteiger partial charge on any atom is -0.380 e. The van der Waals surface area contributed by atoms with Gasteiger partial charge in [0.25, 0.3) is 0 Å². The van der Waals surface area contributed by atoms with Crippen molar-refractivity contribution in [3.63, 3.8) is 0 Å². The first-order chi connectivity index (χ1) is 12.3. The Morgan fingerprint density at radius 1 is 1.27 bits per heavy atom. The minimum atomic E-state index is -4.23. The Kier molecular flexibility index (Phi) is 6.70. The molecule has 0 fully saturated rings. The molecular weight excluding hydrogens is 376 g/mol. The molecule has 2 rings (SSSR count). The number of carbonyl (C=O) groups is 1. The second-order valence-electron chi connectivity index (χ2n) is 5.09. The number of hydrogen-bond donors (Lipinski definition) is 1. The number of oxime groups is 1. The highest BCUT2D eigenvalue weighted by molar-refractivity contribution is 7.12. The van der Waals surface area contributed by atoms with Crippen LogP contribution in [0.25, 0.3) is 0 Å². The molecule has 5 nitrogen and oxygen atoms in total. The number of nitrogens with two attached hydrogens (primary N) is 1. The van der Waals surface area contributed by atoms with E-state index in [4.69, 9.17) is 10.6 Å². The Labute approximate surface area is 150 Å². The van der Waals surface area contributed by atoms with Crippen LogP contribution in [0.3, 0.4) is 0 Å². The lowest BCUT2D eigenvalue weighted by Gasteiger charge is -2.15. The van der Waals surface area contributed by atoms with Crippen LogP contribution in [0.15, 0.2) is 46.9 Å². The van der Waals surface area contributed by atoms with Crippen molar-refractivity contribution < 1.29 is 31.9 Å². The number of carbonyl (C=O) groups excluding carboxylic acids is 1. The summed E-state index contributed by atoms with van der Waals surface area (Å²) in [5.41, 5.74) is 6.07. The number of thiophene rings is 1. The molecule has 0 aliphatic heterocycles. The van der Waals surface area contributed by atoms with Gasteiger partial charge in [-0.15, -0.1) is 11.3 Å². The molecule has 0 amide bonds. The predicted molar refractivity (Wildman–Crippen MR) is 87.5 cm³/mol. The summed E-state index contributed by atoms with van der Waals surface area (Å²) < 4.78 is 54.2. The molecule has 0 aliphatic carbocycles. The van der Waals surface area contributed by atoms with Gasteiger partial charge in [0.15, 0.2) is 5.84 Å². The average Bonchev–Trinajstić information content (AvgIpc) is 3.14. The molecule has 1 aromatic heterocycles. The smallest absolute Gasteiger partial charge is 0.365 e. The van der Waals surface area contributed by atoms with Crippen molar-refractivity contribution in [3.8, 4) is 0 Å². The lowest BCUT2D eigenvalue weighted by Crippen LogP contribution is -2.32. The van der Waals surface area contributed by atoms with E-state index in [1.807, 2.05) is 0 Å². The molecule has 0 atom stereocenters. The molecule has 2 N–H and O–H groups in total. The normalized spacial score (nSPS) is 12.4. The molecule has 0 saturated heterocycles. The van der Waals surface area contributed by atoms with E-state index in [1.165, 1.54) is 35.6 Å². The summed E-state index contributed by atoms with van der Waals surface area (Å²) in [7, 11) is 0. The van der Waals surface area contributed by atoms with Crippen LogP contribution in [-0.4, -0.2) is 30.8 Å². The fraction of sp³-hybridized carbons (Fsp3) is 0.250. The maximum absolute atomic E-state index is 12.8. The van der Waals surface area contributed by atoms with Crippen molar-refractivity contribution in [3.05, 3.63) is 57.8 Å². The lowest BCUT2D eigenvalue weighted by atomic mass is 10.1. The number of hydrogen-bond acceptors (Lipinski definition) is 5. The number of benzene rings is 1. The third kappa shape index (κ3) is 5.53. The predicted octanol–water partition coefficient (Wildman–Crippen LogP) is 3.64. The highest BCUT2D eigenvalue weighted by Gasteiger charge is 2.40. The molecule has 0 radical (unpaired) electrons. The average molecular weight is 390 g/mol. The molecule has 140 valence electrons. The van der Waals surface area contributed by atoms with Gasteiger partial charge in [0.05, 0.1) is 17.0 Å². The molecule has 1 heterocycles. The van der Waals surface area contributed by atoms with E-state index in [-0.39, 0.29) is 18.0 Å². The highest BCUT2D eigenvalue weighted by Crippen LogP contribution is 2.23. The van der Waals surface area contributed by atoms with Crippen LogP contribution in [0.2, 0.25) is 0 Å². The van der Waals surface area contributed by atoms with Crippen LogP contribution in [0.5, 0.6) is 0 Å².